The fraction of sp³-hybridized carbons (Fsp3) is 0.909. The van der Waals surface area contributed by atoms with Gasteiger partial charge >= 0.3 is 6.18 Å². The summed E-state index contributed by atoms with van der Waals surface area (Å²) in [4.78, 5) is 2.20. The Hall–Kier alpha value is -1.02. The van der Waals surface area contributed by atoms with Gasteiger partial charge in [0.05, 0.1) is 0 Å². The summed E-state index contributed by atoms with van der Waals surface area (Å²) in [5, 5.41) is 13.6. The van der Waals surface area contributed by atoms with Gasteiger partial charge in [-0.1, -0.05) is 5.16 Å². The normalized spacial score (nSPS) is 21.6. The molecule has 1 aliphatic heterocycles. The number of alkyl halides is 3. The highest BCUT2D eigenvalue weighted by Gasteiger charge is 2.42. The van der Waals surface area contributed by atoms with E-state index in [1.165, 1.54) is 0 Å². The minimum Gasteiger partial charge on any atom is -0.409 e. The molecule has 1 heterocycles. The smallest absolute Gasteiger partial charge is 0.400 e. The maximum Gasteiger partial charge on any atom is 0.400 e. The number of hydrogen-bond acceptors (Lipinski definition) is 4. The van der Waals surface area contributed by atoms with Gasteiger partial charge in [-0.3, -0.25) is 0 Å². The van der Waals surface area contributed by atoms with Gasteiger partial charge in [-0.2, -0.15) is 13.2 Å². The summed E-state index contributed by atoms with van der Waals surface area (Å²) in [6.45, 7) is 2.11. The molecule has 0 saturated carbocycles. The van der Waals surface area contributed by atoms with Crippen LogP contribution in [0.4, 0.5) is 13.2 Å². The molecule has 1 aliphatic rings. The lowest BCUT2D eigenvalue weighted by Gasteiger charge is -2.29. The van der Waals surface area contributed by atoms with Crippen LogP contribution >= 0.6 is 0 Å². The summed E-state index contributed by atoms with van der Waals surface area (Å²) in [6.07, 6.45) is -2.55. The molecule has 0 aromatic rings. The van der Waals surface area contributed by atoms with Gasteiger partial charge < -0.3 is 21.2 Å². The minimum atomic E-state index is -4.50. The predicted molar refractivity (Wildman–Crippen MR) is 66.0 cm³/mol. The second kappa shape index (κ2) is 6.95. The van der Waals surface area contributed by atoms with Crippen LogP contribution in [0.5, 0.6) is 0 Å². The quantitative estimate of drug-likeness (QED) is 0.302. The summed E-state index contributed by atoms with van der Waals surface area (Å²) in [7, 11) is 2.03. The highest BCUT2D eigenvalue weighted by Crippen LogP contribution is 2.26. The van der Waals surface area contributed by atoms with Crippen molar-refractivity contribution in [3.63, 3.8) is 0 Å². The maximum absolute atomic E-state index is 12.7. The first-order valence-corrected chi connectivity index (χ1v) is 6.28. The van der Waals surface area contributed by atoms with Crippen LogP contribution in [0.1, 0.15) is 12.8 Å². The molecule has 0 radical (unpaired) electrons. The molecular weight excluding hydrogens is 261 g/mol. The van der Waals surface area contributed by atoms with Crippen LogP contribution in [0, 0.1) is 11.8 Å². The van der Waals surface area contributed by atoms with Gasteiger partial charge in [-0.05, 0) is 45.4 Å². The van der Waals surface area contributed by atoms with Crippen molar-refractivity contribution in [1.29, 1.82) is 0 Å². The Kier molecular flexibility index (Phi) is 5.86. The van der Waals surface area contributed by atoms with E-state index in [9.17, 15) is 13.2 Å². The van der Waals surface area contributed by atoms with Crippen molar-refractivity contribution < 1.29 is 18.4 Å². The van der Waals surface area contributed by atoms with E-state index >= 15 is 0 Å². The third-order valence-electron chi connectivity index (χ3n) is 3.49. The van der Waals surface area contributed by atoms with E-state index in [2.05, 4.69) is 15.4 Å². The molecule has 0 bridgehead atoms. The molecule has 0 amide bonds. The molecule has 1 rings (SSSR count). The second-order valence-corrected chi connectivity index (χ2v) is 5.02. The van der Waals surface area contributed by atoms with Gasteiger partial charge in [0.15, 0.2) is 5.84 Å². The lowest BCUT2D eigenvalue weighted by atomic mass is 9.97. The molecule has 0 aromatic heterocycles. The van der Waals surface area contributed by atoms with Gasteiger partial charge in [-0.25, -0.2) is 0 Å². The number of amidine groups is 1. The number of halogens is 3. The molecule has 4 N–H and O–H groups in total. The Morgan fingerprint density at radius 1 is 1.47 bits per heavy atom. The molecule has 0 spiro atoms. The molecule has 19 heavy (non-hydrogen) atoms. The summed E-state index contributed by atoms with van der Waals surface area (Å²) < 4.78 is 38.0. The summed E-state index contributed by atoms with van der Waals surface area (Å²) in [5.41, 5.74) is 5.07. The Labute approximate surface area is 110 Å². The summed E-state index contributed by atoms with van der Waals surface area (Å²) in [6, 6.07) is 0. The molecule has 1 fully saturated rings. The monoisotopic (exact) mass is 282 g/mol. The van der Waals surface area contributed by atoms with Crippen molar-refractivity contribution in [3.05, 3.63) is 0 Å². The third-order valence-corrected chi connectivity index (χ3v) is 3.49. The van der Waals surface area contributed by atoms with Crippen LogP contribution in [-0.4, -0.2) is 55.3 Å². The molecule has 1 saturated heterocycles. The van der Waals surface area contributed by atoms with Crippen LogP contribution in [0.3, 0.4) is 0 Å². The molecule has 8 heteroatoms. The highest BCUT2D eigenvalue weighted by molar-refractivity contribution is 5.83. The Morgan fingerprint density at radius 3 is 2.53 bits per heavy atom. The number of likely N-dealkylation sites (tertiary alicyclic amines) is 1. The summed E-state index contributed by atoms with van der Waals surface area (Å²) in [5.74, 6) is -2.36. The van der Waals surface area contributed by atoms with Crippen molar-refractivity contribution in [2.75, 3.05) is 33.2 Å². The van der Waals surface area contributed by atoms with E-state index in [0.717, 1.165) is 25.9 Å². The topological polar surface area (TPSA) is 73.9 Å². The van der Waals surface area contributed by atoms with Gasteiger partial charge in [0, 0.05) is 6.54 Å². The molecule has 0 aromatic carbocycles. The van der Waals surface area contributed by atoms with Crippen molar-refractivity contribution in [1.82, 2.24) is 10.2 Å². The Balaban J connectivity index is 2.37. The van der Waals surface area contributed by atoms with E-state index in [0.29, 0.717) is 12.5 Å². The largest absolute Gasteiger partial charge is 0.409 e. The molecule has 5 nitrogen and oxygen atoms in total. The van der Waals surface area contributed by atoms with E-state index in [1.807, 2.05) is 7.05 Å². The van der Waals surface area contributed by atoms with Crippen molar-refractivity contribution in [3.8, 4) is 0 Å². The highest BCUT2D eigenvalue weighted by atomic mass is 19.4. The van der Waals surface area contributed by atoms with E-state index in [-0.39, 0.29) is 6.54 Å². The fourth-order valence-corrected chi connectivity index (χ4v) is 2.16. The number of nitrogens with zero attached hydrogens (tertiary/aromatic N) is 2. The SMILES string of the molecule is CN1CCC(CNCC(C(N)=NO)C(F)(F)F)CC1. The molecule has 112 valence electrons. The standard InChI is InChI=1S/C11H21F3N4O/c1-18-4-2-8(3-5-18)6-16-7-9(10(15)17-19)11(12,13)14/h8-9,16,19H,2-7H2,1H3,(H2,15,17). The molecular formula is C11H21F3N4O. The first-order chi connectivity index (χ1) is 8.84. The van der Waals surface area contributed by atoms with Crippen LogP contribution in [0.25, 0.3) is 0 Å². The maximum atomic E-state index is 12.7. The number of oxime groups is 1. The van der Waals surface area contributed by atoms with E-state index < -0.39 is 17.9 Å². The van der Waals surface area contributed by atoms with Gasteiger partial charge in [-0.15, -0.1) is 0 Å². The number of hydrogen-bond donors (Lipinski definition) is 3. The average molecular weight is 282 g/mol. The first kappa shape index (κ1) is 16.0. The first-order valence-electron chi connectivity index (χ1n) is 6.28. The van der Waals surface area contributed by atoms with Crippen molar-refractivity contribution >= 4 is 5.84 Å². The fourth-order valence-electron chi connectivity index (χ4n) is 2.16. The minimum absolute atomic E-state index is 0.355. The number of nitrogens with two attached hydrogens (primary N) is 1. The third kappa shape index (κ3) is 5.23. The lowest BCUT2D eigenvalue weighted by Crippen LogP contribution is -2.44. The van der Waals surface area contributed by atoms with Crippen molar-refractivity contribution in [2.45, 2.75) is 19.0 Å². The van der Waals surface area contributed by atoms with Crippen LogP contribution in [0.15, 0.2) is 5.16 Å². The molecule has 0 aliphatic carbocycles. The Morgan fingerprint density at radius 2 is 2.05 bits per heavy atom. The van der Waals surface area contributed by atoms with Crippen LogP contribution in [0.2, 0.25) is 0 Å². The zero-order valence-corrected chi connectivity index (χ0v) is 11.0. The second-order valence-electron chi connectivity index (χ2n) is 5.02. The zero-order valence-electron chi connectivity index (χ0n) is 11.0. The van der Waals surface area contributed by atoms with Crippen molar-refractivity contribution in [2.24, 2.45) is 22.7 Å². The number of piperidine rings is 1. The number of rotatable bonds is 5. The van der Waals surface area contributed by atoms with E-state index in [4.69, 9.17) is 10.9 Å². The zero-order chi connectivity index (χ0) is 14.5. The Bertz CT molecular complexity index is 301. The predicted octanol–water partition coefficient (Wildman–Crippen LogP) is 0.843. The van der Waals surface area contributed by atoms with E-state index in [1.54, 1.807) is 0 Å². The van der Waals surface area contributed by atoms with Gasteiger partial charge in [0.25, 0.3) is 0 Å². The van der Waals surface area contributed by atoms with Gasteiger partial charge in [0.1, 0.15) is 5.92 Å². The number of nitrogens with one attached hydrogen (secondary N) is 1. The van der Waals surface area contributed by atoms with Crippen LogP contribution < -0.4 is 11.1 Å². The molecule has 1 unspecified atom stereocenters. The van der Waals surface area contributed by atoms with Crippen LogP contribution in [-0.2, 0) is 0 Å². The summed E-state index contributed by atoms with van der Waals surface area (Å²) >= 11 is 0. The molecule has 1 atom stereocenters. The lowest BCUT2D eigenvalue weighted by molar-refractivity contribution is -0.155. The average Bonchev–Trinajstić information content (AvgIpc) is 2.34. The van der Waals surface area contributed by atoms with Gasteiger partial charge in [0.2, 0.25) is 0 Å².